The van der Waals surface area contributed by atoms with Crippen molar-refractivity contribution in [2.45, 2.75) is 80.7 Å². The SMILES string of the molecule is COc1cc([C@@H]2c3cc4c(cc3[C@@H](NC(=O)CCCCCNC(=O)CCCC[C@@H]3SC[C@H]5NC(=O)N[C@@H]35)[C@H]3COC(=O)[C@@H]23)OCO4)cc(OC)c1OC. The van der Waals surface area contributed by atoms with Crippen molar-refractivity contribution < 1.29 is 47.6 Å². The maximum atomic E-state index is 13.5. The molecule has 0 spiro atoms. The van der Waals surface area contributed by atoms with E-state index in [0.29, 0.717) is 59.8 Å². The fourth-order valence-electron chi connectivity index (χ4n) is 8.45. The van der Waals surface area contributed by atoms with Crippen LogP contribution in [0.2, 0.25) is 0 Å². The molecule has 14 nitrogen and oxygen atoms in total. The van der Waals surface area contributed by atoms with Gasteiger partial charge < -0.3 is 49.7 Å². The number of hydrogen-bond donors (Lipinski definition) is 4. The summed E-state index contributed by atoms with van der Waals surface area (Å²) in [7, 11) is 4.64. The number of cyclic esters (lactones) is 1. The average Bonchev–Trinajstić information content (AvgIpc) is 3.95. The zero-order valence-electron chi connectivity index (χ0n) is 30.3. The molecule has 0 radical (unpaired) electrons. The molecule has 0 saturated carbocycles. The third-order valence-electron chi connectivity index (χ3n) is 11.0. The topological polar surface area (TPSA) is 172 Å². The molecule has 3 saturated heterocycles. The standard InChI is InChI=1S/C38H48N4O10S/c1-47-27-13-20(14-28(48-2)36(27)49-3)32-21-15-25-26(52-19-51-25)16-22(21)34(23-17-50-37(45)33(23)32)41-31(44)11-5-4-8-12-39-30(43)10-7-6-9-29-35-24(18-53-29)40-38(46)42-35/h13-16,23-24,29,32-35H,4-12,17-19H2,1-3H3,(H,39,43)(H,41,44)(H2,40,42,46)/t23-,24+,29-,32+,33+,34+,35+/m0/s1. The van der Waals surface area contributed by atoms with Crippen LogP contribution in [0.3, 0.4) is 0 Å². The van der Waals surface area contributed by atoms with Crippen molar-refractivity contribution in [2.24, 2.45) is 11.8 Å². The Kier molecular flexibility index (Phi) is 11.3. The molecule has 4 aliphatic heterocycles. The van der Waals surface area contributed by atoms with Gasteiger partial charge in [0.2, 0.25) is 24.4 Å². The van der Waals surface area contributed by atoms with Crippen LogP contribution in [0.1, 0.15) is 80.0 Å². The number of benzene rings is 2. The number of thioether (sulfide) groups is 1. The summed E-state index contributed by atoms with van der Waals surface area (Å²) in [4.78, 5) is 50.9. The Balaban J connectivity index is 0.930. The van der Waals surface area contributed by atoms with Gasteiger partial charge in [-0.3, -0.25) is 14.4 Å². The summed E-state index contributed by atoms with van der Waals surface area (Å²) in [6.45, 7) is 0.814. The first kappa shape index (κ1) is 36.8. The Morgan fingerprint density at radius 3 is 2.30 bits per heavy atom. The largest absolute Gasteiger partial charge is 0.493 e. The summed E-state index contributed by atoms with van der Waals surface area (Å²) in [6, 6.07) is 7.37. The smallest absolute Gasteiger partial charge is 0.315 e. The van der Waals surface area contributed by atoms with Crippen LogP contribution in [0.5, 0.6) is 28.7 Å². The Hall–Kier alpha value is -4.53. The first-order valence-corrected chi connectivity index (χ1v) is 19.5. The van der Waals surface area contributed by atoms with Crippen LogP contribution < -0.4 is 45.0 Å². The second kappa shape index (κ2) is 16.2. The van der Waals surface area contributed by atoms with E-state index in [0.717, 1.165) is 54.5 Å². The number of urea groups is 1. The number of esters is 1. The van der Waals surface area contributed by atoms with Crippen LogP contribution in [0.4, 0.5) is 4.79 Å². The van der Waals surface area contributed by atoms with Gasteiger partial charge in [-0.05, 0) is 66.6 Å². The molecular weight excluding hydrogens is 705 g/mol. The van der Waals surface area contributed by atoms with E-state index in [-0.39, 0.29) is 55.2 Å². The molecule has 2 aromatic rings. The van der Waals surface area contributed by atoms with Gasteiger partial charge in [-0.25, -0.2) is 4.79 Å². The highest BCUT2D eigenvalue weighted by atomic mass is 32.2. The molecule has 3 fully saturated rings. The van der Waals surface area contributed by atoms with Crippen molar-refractivity contribution in [3.05, 3.63) is 41.0 Å². The lowest BCUT2D eigenvalue weighted by Gasteiger charge is -2.39. The van der Waals surface area contributed by atoms with Crippen molar-refractivity contribution in [1.29, 1.82) is 0 Å². The van der Waals surface area contributed by atoms with Gasteiger partial charge in [0.05, 0.1) is 52.0 Å². The number of nitrogens with one attached hydrogen (secondary N) is 4. The Labute approximate surface area is 313 Å². The molecule has 1 aliphatic carbocycles. The summed E-state index contributed by atoms with van der Waals surface area (Å²) >= 11 is 1.89. The fraction of sp³-hybridized carbons (Fsp3) is 0.579. The third-order valence-corrected chi connectivity index (χ3v) is 12.5. The van der Waals surface area contributed by atoms with Crippen LogP contribution in [0.25, 0.3) is 0 Å². The van der Waals surface area contributed by atoms with E-state index in [9.17, 15) is 19.2 Å². The number of carbonyl (C=O) groups is 4. The molecule has 4 amide bonds. The number of rotatable bonds is 16. The minimum atomic E-state index is -0.583. The predicted molar refractivity (Wildman–Crippen MR) is 195 cm³/mol. The monoisotopic (exact) mass is 752 g/mol. The Morgan fingerprint density at radius 2 is 1.57 bits per heavy atom. The summed E-state index contributed by atoms with van der Waals surface area (Å²) in [5, 5.41) is 12.6. The van der Waals surface area contributed by atoms with Crippen molar-refractivity contribution >= 4 is 35.6 Å². The highest BCUT2D eigenvalue weighted by Crippen LogP contribution is 2.55. The average molecular weight is 753 g/mol. The van der Waals surface area contributed by atoms with E-state index < -0.39 is 17.9 Å². The van der Waals surface area contributed by atoms with E-state index in [1.165, 1.54) is 0 Å². The maximum absolute atomic E-state index is 13.5. The first-order valence-electron chi connectivity index (χ1n) is 18.4. The zero-order chi connectivity index (χ0) is 37.1. The summed E-state index contributed by atoms with van der Waals surface area (Å²) in [5.74, 6) is 1.71. The highest BCUT2D eigenvalue weighted by molar-refractivity contribution is 8.00. The van der Waals surface area contributed by atoms with Gasteiger partial charge in [0.15, 0.2) is 23.0 Å². The zero-order valence-corrected chi connectivity index (χ0v) is 31.1. The second-order valence-electron chi connectivity index (χ2n) is 14.2. The fourth-order valence-corrected chi connectivity index (χ4v) is 10.00. The van der Waals surface area contributed by atoms with Gasteiger partial charge in [-0.1, -0.05) is 12.8 Å². The van der Waals surface area contributed by atoms with E-state index in [4.69, 9.17) is 28.4 Å². The number of unbranched alkanes of at least 4 members (excludes halogenated alkanes) is 3. The van der Waals surface area contributed by atoms with E-state index >= 15 is 0 Å². The third kappa shape index (κ3) is 7.62. The van der Waals surface area contributed by atoms with E-state index in [1.54, 1.807) is 21.3 Å². The molecule has 53 heavy (non-hydrogen) atoms. The lowest BCUT2D eigenvalue weighted by Crippen LogP contribution is -2.42. The maximum Gasteiger partial charge on any atom is 0.315 e. The Morgan fingerprint density at radius 1 is 0.849 bits per heavy atom. The minimum absolute atomic E-state index is 0.0417. The van der Waals surface area contributed by atoms with Gasteiger partial charge in [0.1, 0.15) is 0 Å². The van der Waals surface area contributed by atoms with Crippen LogP contribution in [-0.2, 0) is 19.1 Å². The quantitative estimate of drug-likeness (QED) is 0.111. The lowest BCUT2D eigenvalue weighted by atomic mass is 9.65. The minimum Gasteiger partial charge on any atom is -0.493 e. The van der Waals surface area contributed by atoms with Gasteiger partial charge in [0, 0.05) is 42.2 Å². The molecule has 0 unspecified atom stereocenters. The number of carbonyl (C=O) groups excluding carboxylic acids is 4. The number of ether oxygens (including phenoxy) is 6. The summed E-state index contributed by atoms with van der Waals surface area (Å²) in [5.41, 5.74) is 2.46. The number of hydrogen-bond acceptors (Lipinski definition) is 11. The molecule has 286 valence electrons. The van der Waals surface area contributed by atoms with Crippen molar-refractivity contribution in [3.63, 3.8) is 0 Å². The van der Waals surface area contributed by atoms with Crippen LogP contribution in [0.15, 0.2) is 24.3 Å². The van der Waals surface area contributed by atoms with E-state index in [2.05, 4.69) is 21.3 Å². The number of fused-ring (bicyclic) bond motifs is 4. The van der Waals surface area contributed by atoms with Gasteiger partial charge in [0.25, 0.3) is 0 Å². The molecule has 7 rings (SSSR count). The summed E-state index contributed by atoms with van der Waals surface area (Å²) < 4.78 is 34.0. The molecule has 15 heteroatoms. The van der Waals surface area contributed by atoms with E-state index in [1.807, 2.05) is 36.0 Å². The van der Waals surface area contributed by atoms with Gasteiger partial charge in [-0.2, -0.15) is 11.8 Å². The number of methoxy groups -OCH3 is 3. The molecule has 5 aliphatic rings. The molecule has 7 atom stereocenters. The van der Waals surface area contributed by atoms with Crippen LogP contribution in [0, 0.1) is 11.8 Å². The van der Waals surface area contributed by atoms with Crippen LogP contribution >= 0.6 is 11.8 Å². The number of amides is 4. The van der Waals surface area contributed by atoms with Crippen molar-refractivity contribution in [1.82, 2.24) is 21.3 Å². The van der Waals surface area contributed by atoms with Gasteiger partial charge >= 0.3 is 12.0 Å². The molecule has 0 aromatic heterocycles. The molecular formula is C38H48N4O10S. The second-order valence-corrected chi connectivity index (χ2v) is 15.4. The predicted octanol–water partition coefficient (Wildman–Crippen LogP) is 3.94. The van der Waals surface area contributed by atoms with Crippen molar-refractivity contribution in [2.75, 3.05) is 47.0 Å². The molecule has 4 N–H and O–H groups in total. The molecule has 0 bridgehead atoms. The van der Waals surface area contributed by atoms with Gasteiger partial charge in [-0.15, -0.1) is 0 Å². The highest BCUT2D eigenvalue weighted by Gasteiger charge is 2.53. The first-order chi connectivity index (χ1) is 25.8. The van der Waals surface area contributed by atoms with Crippen molar-refractivity contribution in [3.8, 4) is 28.7 Å². The lowest BCUT2D eigenvalue weighted by molar-refractivity contribution is -0.141. The normalized spacial score (nSPS) is 26.1. The molecule has 2 aromatic carbocycles. The molecule has 4 heterocycles. The Bertz CT molecular complexity index is 1700. The van der Waals surface area contributed by atoms with Crippen LogP contribution in [-0.4, -0.2) is 88.2 Å². The summed E-state index contributed by atoms with van der Waals surface area (Å²) in [6.07, 6.45) is 5.75.